The number of benzene rings is 1. The SMILES string of the molecule is CCNC(c1cc(Br)cs1)c1ccc(F)cc1C. The van der Waals surface area contributed by atoms with Crippen molar-refractivity contribution in [2.75, 3.05) is 6.54 Å². The highest BCUT2D eigenvalue weighted by Gasteiger charge is 2.17. The Balaban J connectivity index is 2.41. The Morgan fingerprint density at radius 2 is 2.17 bits per heavy atom. The van der Waals surface area contributed by atoms with Crippen LogP contribution in [0.4, 0.5) is 4.39 Å². The Bertz CT molecular complexity index is 538. The lowest BCUT2D eigenvalue weighted by Crippen LogP contribution is -2.21. The molecule has 0 radical (unpaired) electrons. The van der Waals surface area contributed by atoms with E-state index in [1.807, 2.05) is 13.0 Å². The van der Waals surface area contributed by atoms with Crippen LogP contribution in [0.5, 0.6) is 0 Å². The first-order chi connectivity index (χ1) is 8.61. The highest BCUT2D eigenvalue weighted by Crippen LogP contribution is 2.31. The summed E-state index contributed by atoms with van der Waals surface area (Å²) >= 11 is 5.18. The van der Waals surface area contributed by atoms with Crippen LogP contribution in [-0.2, 0) is 0 Å². The van der Waals surface area contributed by atoms with Crippen molar-refractivity contribution in [3.63, 3.8) is 0 Å². The van der Waals surface area contributed by atoms with Crippen LogP contribution < -0.4 is 5.32 Å². The smallest absolute Gasteiger partial charge is 0.123 e. The molecule has 0 fully saturated rings. The molecule has 0 aliphatic carbocycles. The molecule has 2 rings (SSSR count). The molecule has 0 spiro atoms. The zero-order valence-electron chi connectivity index (χ0n) is 10.3. The summed E-state index contributed by atoms with van der Waals surface area (Å²) < 4.78 is 14.3. The van der Waals surface area contributed by atoms with Crippen LogP contribution in [0.2, 0.25) is 0 Å². The van der Waals surface area contributed by atoms with Crippen molar-refractivity contribution in [2.45, 2.75) is 19.9 Å². The number of hydrogen-bond acceptors (Lipinski definition) is 2. The maximum atomic E-state index is 13.2. The van der Waals surface area contributed by atoms with Gasteiger partial charge in [-0.3, -0.25) is 0 Å². The molecule has 2 aromatic rings. The third-order valence-electron chi connectivity index (χ3n) is 2.82. The maximum Gasteiger partial charge on any atom is 0.123 e. The lowest BCUT2D eigenvalue weighted by atomic mass is 10.00. The standard InChI is InChI=1S/C14H15BrFNS/c1-3-17-14(13-7-10(15)8-18-13)12-5-4-11(16)6-9(12)2/h4-8,14,17H,3H2,1-2H3. The van der Waals surface area contributed by atoms with Crippen LogP contribution in [-0.4, -0.2) is 6.54 Å². The van der Waals surface area contributed by atoms with Crippen molar-refractivity contribution >= 4 is 27.3 Å². The van der Waals surface area contributed by atoms with Crippen LogP contribution >= 0.6 is 27.3 Å². The first-order valence-corrected chi connectivity index (χ1v) is 7.52. The second-order valence-corrected chi connectivity index (χ2v) is 6.02. The molecule has 0 bridgehead atoms. The van der Waals surface area contributed by atoms with E-state index in [4.69, 9.17) is 0 Å². The molecule has 1 unspecified atom stereocenters. The minimum absolute atomic E-state index is 0.131. The number of aryl methyl sites for hydroxylation is 1. The Morgan fingerprint density at radius 1 is 1.39 bits per heavy atom. The van der Waals surface area contributed by atoms with Crippen LogP contribution in [0, 0.1) is 12.7 Å². The summed E-state index contributed by atoms with van der Waals surface area (Å²) in [7, 11) is 0. The lowest BCUT2D eigenvalue weighted by molar-refractivity contribution is 0.613. The molecule has 1 nitrogen and oxygen atoms in total. The Labute approximate surface area is 119 Å². The van der Waals surface area contributed by atoms with E-state index in [1.54, 1.807) is 17.4 Å². The van der Waals surface area contributed by atoms with E-state index in [9.17, 15) is 4.39 Å². The van der Waals surface area contributed by atoms with Gasteiger partial charge in [0.2, 0.25) is 0 Å². The summed E-state index contributed by atoms with van der Waals surface area (Å²) in [5, 5.41) is 5.52. The van der Waals surface area contributed by atoms with Crippen molar-refractivity contribution in [3.8, 4) is 0 Å². The van der Waals surface area contributed by atoms with Gasteiger partial charge < -0.3 is 5.32 Å². The van der Waals surface area contributed by atoms with Gasteiger partial charge in [-0.25, -0.2) is 4.39 Å². The van der Waals surface area contributed by atoms with Crippen molar-refractivity contribution < 1.29 is 4.39 Å². The number of nitrogens with one attached hydrogen (secondary N) is 1. The zero-order valence-corrected chi connectivity index (χ0v) is 12.7. The Morgan fingerprint density at radius 3 is 2.72 bits per heavy atom. The molecular formula is C14H15BrFNS. The normalized spacial score (nSPS) is 12.7. The molecule has 0 aliphatic rings. The number of hydrogen-bond donors (Lipinski definition) is 1. The monoisotopic (exact) mass is 327 g/mol. The van der Waals surface area contributed by atoms with E-state index in [-0.39, 0.29) is 11.9 Å². The molecule has 0 saturated heterocycles. The van der Waals surface area contributed by atoms with Gasteiger partial charge in [-0.1, -0.05) is 13.0 Å². The van der Waals surface area contributed by atoms with E-state index in [0.29, 0.717) is 0 Å². The van der Waals surface area contributed by atoms with E-state index in [0.717, 1.165) is 22.1 Å². The summed E-state index contributed by atoms with van der Waals surface area (Å²) in [4.78, 5) is 1.23. The number of rotatable bonds is 4. The summed E-state index contributed by atoms with van der Waals surface area (Å²) in [6.45, 7) is 4.90. The van der Waals surface area contributed by atoms with Gasteiger partial charge in [0, 0.05) is 14.7 Å². The second-order valence-electron chi connectivity index (χ2n) is 4.16. The Kier molecular flexibility index (Phi) is 4.54. The third-order valence-corrected chi connectivity index (χ3v) is 4.58. The van der Waals surface area contributed by atoms with Gasteiger partial charge in [0.15, 0.2) is 0 Å². The Hall–Kier alpha value is -0.710. The molecule has 18 heavy (non-hydrogen) atoms. The van der Waals surface area contributed by atoms with Crippen LogP contribution in [0.25, 0.3) is 0 Å². The first-order valence-electron chi connectivity index (χ1n) is 5.85. The highest BCUT2D eigenvalue weighted by molar-refractivity contribution is 9.10. The van der Waals surface area contributed by atoms with Gasteiger partial charge in [-0.05, 0) is 58.7 Å². The fourth-order valence-corrected chi connectivity index (χ4v) is 3.55. The summed E-state index contributed by atoms with van der Waals surface area (Å²) in [6.07, 6.45) is 0. The molecule has 0 amide bonds. The topological polar surface area (TPSA) is 12.0 Å². The minimum atomic E-state index is -0.182. The van der Waals surface area contributed by atoms with Crippen LogP contribution in [0.15, 0.2) is 34.1 Å². The van der Waals surface area contributed by atoms with Gasteiger partial charge >= 0.3 is 0 Å². The van der Waals surface area contributed by atoms with Gasteiger partial charge in [0.05, 0.1) is 6.04 Å². The summed E-state index contributed by atoms with van der Waals surface area (Å²) in [5.74, 6) is -0.182. The van der Waals surface area contributed by atoms with Gasteiger partial charge in [0.25, 0.3) is 0 Å². The van der Waals surface area contributed by atoms with Crippen LogP contribution in [0.3, 0.4) is 0 Å². The molecular weight excluding hydrogens is 313 g/mol. The fraction of sp³-hybridized carbons (Fsp3) is 0.286. The number of halogens is 2. The average Bonchev–Trinajstić information content (AvgIpc) is 2.73. The molecule has 0 saturated carbocycles. The quantitative estimate of drug-likeness (QED) is 0.861. The van der Waals surface area contributed by atoms with E-state index in [1.165, 1.54) is 10.9 Å². The molecule has 96 valence electrons. The predicted octanol–water partition coefficient (Wildman–Crippen LogP) is 4.66. The van der Waals surface area contributed by atoms with Crippen molar-refractivity contribution in [3.05, 3.63) is 55.9 Å². The predicted molar refractivity (Wildman–Crippen MR) is 78.7 cm³/mol. The first kappa shape index (κ1) is 13.7. The summed E-state index contributed by atoms with van der Waals surface area (Å²) in [6, 6.07) is 7.22. The minimum Gasteiger partial charge on any atom is -0.306 e. The fourth-order valence-electron chi connectivity index (χ4n) is 2.01. The van der Waals surface area contributed by atoms with E-state index in [2.05, 4.69) is 39.6 Å². The number of thiophene rings is 1. The average molecular weight is 328 g/mol. The molecule has 1 aromatic carbocycles. The molecule has 0 aliphatic heterocycles. The molecule has 1 atom stereocenters. The van der Waals surface area contributed by atoms with Gasteiger partial charge in [-0.15, -0.1) is 11.3 Å². The molecule has 1 heterocycles. The van der Waals surface area contributed by atoms with Crippen molar-refractivity contribution in [1.82, 2.24) is 5.32 Å². The van der Waals surface area contributed by atoms with Crippen molar-refractivity contribution in [1.29, 1.82) is 0 Å². The summed E-state index contributed by atoms with van der Waals surface area (Å²) in [5.41, 5.74) is 2.11. The second kappa shape index (κ2) is 5.95. The van der Waals surface area contributed by atoms with E-state index >= 15 is 0 Å². The van der Waals surface area contributed by atoms with Gasteiger partial charge in [-0.2, -0.15) is 0 Å². The van der Waals surface area contributed by atoms with Gasteiger partial charge in [0.1, 0.15) is 5.82 Å². The van der Waals surface area contributed by atoms with Crippen LogP contribution in [0.1, 0.15) is 29.0 Å². The highest BCUT2D eigenvalue weighted by atomic mass is 79.9. The zero-order chi connectivity index (χ0) is 13.1. The van der Waals surface area contributed by atoms with Crippen molar-refractivity contribution in [2.24, 2.45) is 0 Å². The van der Waals surface area contributed by atoms with E-state index < -0.39 is 0 Å². The largest absolute Gasteiger partial charge is 0.306 e. The maximum absolute atomic E-state index is 13.2. The lowest BCUT2D eigenvalue weighted by Gasteiger charge is -2.19. The molecule has 1 N–H and O–H groups in total. The molecule has 1 aromatic heterocycles. The molecule has 4 heteroatoms. The third kappa shape index (κ3) is 2.99.